The van der Waals surface area contributed by atoms with Crippen LogP contribution in [0.3, 0.4) is 0 Å². The average Bonchev–Trinajstić information content (AvgIpc) is 3.18. The minimum absolute atomic E-state index is 0.262. The summed E-state index contributed by atoms with van der Waals surface area (Å²) >= 11 is 0. The molecule has 0 aliphatic carbocycles. The van der Waals surface area contributed by atoms with Crippen LogP contribution >= 0.6 is 0 Å². The third-order valence-corrected chi connectivity index (χ3v) is 6.17. The number of nitrogens with zero attached hydrogens (tertiary/aromatic N) is 2. The number of rotatable bonds is 6. The number of para-hydroxylation sites is 1. The summed E-state index contributed by atoms with van der Waals surface area (Å²) in [5, 5.41) is 2.80. The van der Waals surface area contributed by atoms with Crippen molar-refractivity contribution in [3.63, 3.8) is 0 Å². The molecule has 35 heavy (non-hydrogen) atoms. The van der Waals surface area contributed by atoms with Crippen LogP contribution in [-0.2, 0) is 4.79 Å². The number of fused-ring (bicyclic) bond motifs is 5. The Morgan fingerprint density at radius 3 is 2.31 bits per heavy atom. The maximum absolute atomic E-state index is 13.7. The second-order valence-electron chi connectivity index (χ2n) is 8.04. The van der Waals surface area contributed by atoms with Crippen molar-refractivity contribution in [2.45, 2.75) is 6.17 Å². The van der Waals surface area contributed by atoms with E-state index in [0.717, 1.165) is 0 Å². The Bertz CT molecular complexity index is 1340. The van der Waals surface area contributed by atoms with Crippen molar-refractivity contribution in [1.82, 2.24) is 4.90 Å². The minimum atomic E-state index is -0.804. The maximum atomic E-state index is 13.7. The van der Waals surface area contributed by atoms with Gasteiger partial charge in [-0.15, -0.1) is 0 Å². The quantitative estimate of drug-likeness (QED) is 0.589. The van der Waals surface area contributed by atoms with E-state index in [1.807, 2.05) is 0 Å². The first kappa shape index (κ1) is 22.3. The number of carbonyl (C=O) groups excluding carboxylic acids is 3. The van der Waals surface area contributed by atoms with Gasteiger partial charge in [-0.05, 0) is 42.5 Å². The monoisotopic (exact) mass is 473 g/mol. The van der Waals surface area contributed by atoms with Crippen molar-refractivity contribution >= 4 is 29.1 Å². The van der Waals surface area contributed by atoms with E-state index in [-0.39, 0.29) is 24.1 Å². The first-order valence-electron chi connectivity index (χ1n) is 10.9. The average molecular weight is 473 g/mol. The topological polar surface area (TPSA) is 97.4 Å². The molecule has 2 aliphatic heterocycles. The van der Waals surface area contributed by atoms with Crippen LogP contribution < -0.4 is 24.4 Å². The summed E-state index contributed by atoms with van der Waals surface area (Å²) in [6.07, 6.45) is -0.804. The van der Waals surface area contributed by atoms with Crippen LogP contribution in [0.1, 0.15) is 32.4 Å². The van der Waals surface area contributed by atoms with Gasteiger partial charge in [0.05, 0.1) is 38.1 Å². The van der Waals surface area contributed by atoms with E-state index in [9.17, 15) is 14.4 Å². The maximum Gasteiger partial charge on any atom is 0.264 e. The fourth-order valence-corrected chi connectivity index (χ4v) is 4.62. The normalized spacial score (nSPS) is 15.8. The predicted molar refractivity (Wildman–Crippen MR) is 128 cm³/mol. The van der Waals surface area contributed by atoms with Crippen LogP contribution in [0, 0.1) is 0 Å². The number of methoxy groups -OCH3 is 3. The Hall–Kier alpha value is -4.53. The standard InChI is InChI=1S/C26H23N3O6/c1-33-16-10-8-15(9-11-16)27-21(30)14-28-24-18-12-13-20(34-2)23(35-3)22(18)26(32)29(24)19-7-5-4-6-17(19)25(28)31/h4-13,24H,14H2,1-3H3,(H,27,30). The zero-order valence-corrected chi connectivity index (χ0v) is 19.4. The highest BCUT2D eigenvalue weighted by Gasteiger charge is 2.50. The van der Waals surface area contributed by atoms with Gasteiger partial charge in [-0.25, -0.2) is 0 Å². The lowest BCUT2D eigenvalue weighted by Gasteiger charge is -2.40. The smallest absolute Gasteiger partial charge is 0.264 e. The van der Waals surface area contributed by atoms with E-state index in [1.165, 1.54) is 24.0 Å². The zero-order chi connectivity index (χ0) is 24.7. The zero-order valence-electron chi connectivity index (χ0n) is 19.4. The molecule has 5 rings (SSSR count). The van der Waals surface area contributed by atoms with Crippen molar-refractivity contribution in [3.05, 3.63) is 77.4 Å². The third kappa shape index (κ3) is 3.52. The molecule has 2 heterocycles. The first-order valence-corrected chi connectivity index (χ1v) is 10.9. The van der Waals surface area contributed by atoms with Gasteiger partial charge in [0.1, 0.15) is 18.5 Å². The van der Waals surface area contributed by atoms with Gasteiger partial charge in [-0.2, -0.15) is 0 Å². The molecule has 0 aromatic heterocycles. The lowest BCUT2D eigenvalue weighted by molar-refractivity contribution is -0.117. The number of hydrogen-bond donors (Lipinski definition) is 1. The highest BCUT2D eigenvalue weighted by Crippen LogP contribution is 2.49. The van der Waals surface area contributed by atoms with E-state index in [4.69, 9.17) is 14.2 Å². The number of amides is 3. The van der Waals surface area contributed by atoms with Crippen molar-refractivity contribution in [3.8, 4) is 17.2 Å². The number of carbonyl (C=O) groups is 3. The number of benzene rings is 3. The molecule has 0 bridgehead atoms. The molecule has 9 nitrogen and oxygen atoms in total. The van der Waals surface area contributed by atoms with Gasteiger partial charge < -0.3 is 24.4 Å². The molecule has 0 saturated heterocycles. The van der Waals surface area contributed by atoms with Crippen LogP contribution in [0.25, 0.3) is 0 Å². The molecule has 3 aromatic carbocycles. The van der Waals surface area contributed by atoms with Crippen molar-refractivity contribution < 1.29 is 28.6 Å². The van der Waals surface area contributed by atoms with E-state index >= 15 is 0 Å². The molecule has 1 N–H and O–H groups in total. The highest BCUT2D eigenvalue weighted by atomic mass is 16.5. The van der Waals surface area contributed by atoms with Gasteiger partial charge in [-0.3, -0.25) is 19.3 Å². The summed E-state index contributed by atoms with van der Waals surface area (Å²) in [5.41, 5.74) is 2.26. The number of hydrogen-bond acceptors (Lipinski definition) is 6. The van der Waals surface area contributed by atoms with Crippen LogP contribution in [0.15, 0.2) is 60.7 Å². The molecule has 0 fully saturated rings. The molecule has 0 saturated carbocycles. The summed E-state index contributed by atoms with van der Waals surface area (Å²) < 4.78 is 16.0. The lowest BCUT2D eigenvalue weighted by Crippen LogP contribution is -2.50. The Morgan fingerprint density at radius 1 is 0.886 bits per heavy atom. The van der Waals surface area contributed by atoms with E-state index in [1.54, 1.807) is 67.8 Å². The molecule has 0 radical (unpaired) electrons. The predicted octanol–water partition coefficient (Wildman–Crippen LogP) is 3.47. The molecule has 0 spiro atoms. The van der Waals surface area contributed by atoms with Crippen molar-refractivity contribution in [2.75, 3.05) is 38.1 Å². The number of nitrogens with one attached hydrogen (secondary N) is 1. The second kappa shape index (κ2) is 8.68. The Kier molecular flexibility index (Phi) is 5.52. The SMILES string of the molecule is COc1ccc(NC(=O)CN2C(=O)c3ccccc3N3C(=O)c4c(ccc(OC)c4OC)C23)cc1. The van der Waals surface area contributed by atoms with Gasteiger partial charge in [0, 0.05) is 11.3 Å². The first-order chi connectivity index (χ1) is 17.0. The summed E-state index contributed by atoms with van der Waals surface area (Å²) in [6, 6.07) is 17.2. The van der Waals surface area contributed by atoms with Gasteiger partial charge in [0.25, 0.3) is 11.8 Å². The molecule has 9 heteroatoms. The molecular formula is C26H23N3O6. The summed E-state index contributed by atoms with van der Waals surface area (Å²) in [5.74, 6) is 0.277. The second-order valence-corrected chi connectivity index (χ2v) is 8.04. The molecule has 3 aromatic rings. The highest BCUT2D eigenvalue weighted by molar-refractivity contribution is 6.18. The Balaban J connectivity index is 1.55. The largest absolute Gasteiger partial charge is 0.497 e. The van der Waals surface area contributed by atoms with Gasteiger partial charge in [0.2, 0.25) is 5.91 Å². The van der Waals surface area contributed by atoms with Crippen LogP contribution in [0.4, 0.5) is 11.4 Å². The van der Waals surface area contributed by atoms with Gasteiger partial charge >= 0.3 is 0 Å². The summed E-state index contributed by atoms with van der Waals surface area (Å²) in [4.78, 5) is 43.2. The summed E-state index contributed by atoms with van der Waals surface area (Å²) in [7, 11) is 4.51. The molecular weight excluding hydrogens is 450 g/mol. The fourth-order valence-electron chi connectivity index (χ4n) is 4.62. The minimum Gasteiger partial charge on any atom is -0.497 e. The van der Waals surface area contributed by atoms with Crippen LogP contribution in [0.2, 0.25) is 0 Å². The third-order valence-electron chi connectivity index (χ3n) is 6.17. The van der Waals surface area contributed by atoms with Gasteiger partial charge in [0.15, 0.2) is 11.5 Å². The molecule has 3 amide bonds. The van der Waals surface area contributed by atoms with Crippen molar-refractivity contribution in [2.24, 2.45) is 0 Å². The molecule has 178 valence electrons. The fraction of sp³-hybridized carbons (Fsp3) is 0.192. The molecule has 1 atom stereocenters. The van der Waals surface area contributed by atoms with E-state index in [2.05, 4.69) is 5.32 Å². The van der Waals surface area contributed by atoms with Crippen molar-refractivity contribution in [1.29, 1.82) is 0 Å². The van der Waals surface area contributed by atoms with Crippen LogP contribution in [0.5, 0.6) is 17.2 Å². The van der Waals surface area contributed by atoms with E-state index < -0.39 is 12.1 Å². The molecule has 2 aliphatic rings. The Morgan fingerprint density at radius 2 is 1.63 bits per heavy atom. The number of ether oxygens (including phenoxy) is 3. The summed E-state index contributed by atoms with van der Waals surface area (Å²) in [6.45, 7) is -0.262. The molecule has 1 unspecified atom stereocenters. The van der Waals surface area contributed by atoms with Gasteiger partial charge in [-0.1, -0.05) is 18.2 Å². The number of anilines is 2. The van der Waals surface area contributed by atoms with Crippen LogP contribution in [-0.4, -0.2) is 50.5 Å². The van der Waals surface area contributed by atoms with E-state index in [0.29, 0.717) is 39.6 Å². The lowest BCUT2D eigenvalue weighted by atomic mass is 10.0. The Labute approximate surface area is 201 Å².